The molecule has 0 aliphatic rings. The molecule has 2 rings (SSSR count). The van der Waals surface area contributed by atoms with Crippen LogP contribution in [0.25, 0.3) is 0 Å². The highest BCUT2D eigenvalue weighted by atomic mass is 79.9. The Bertz CT molecular complexity index is 662. The molecular formula is C15H21Br3N2O5S2. The second-order valence-electron chi connectivity index (χ2n) is 4.10. The third-order valence-electron chi connectivity index (χ3n) is 2.76. The Kier molecular flexibility index (Phi) is 16.6. The van der Waals surface area contributed by atoms with Gasteiger partial charge in [0.05, 0.1) is 14.2 Å². The number of carbonyl (C=O) groups excluding carboxylic acids is 2. The van der Waals surface area contributed by atoms with Crippen molar-refractivity contribution < 1.29 is 24.2 Å². The number of hydrogen-bond donors (Lipinski definition) is 3. The van der Waals surface area contributed by atoms with E-state index in [9.17, 15) is 9.59 Å². The second kappa shape index (κ2) is 15.6. The molecule has 7 nitrogen and oxygen atoms in total. The van der Waals surface area contributed by atoms with Crippen LogP contribution in [0.3, 0.4) is 0 Å². The molecule has 0 amide bonds. The number of halogens is 3. The number of hydrogen-bond acceptors (Lipinski definition) is 9. The SMILES string of the molecule is CO.COC(=O)c1scc(Br)c1CBr.COC(=O)c1scc(Br)c1CN.N. The molecule has 0 saturated heterocycles. The molecule has 2 heterocycles. The van der Waals surface area contributed by atoms with Crippen LogP contribution >= 0.6 is 70.5 Å². The van der Waals surface area contributed by atoms with Gasteiger partial charge in [0.2, 0.25) is 0 Å². The monoisotopic (exact) mass is 610 g/mol. The molecule has 2 aromatic heterocycles. The topological polar surface area (TPSA) is 134 Å². The lowest BCUT2D eigenvalue weighted by atomic mass is 10.2. The minimum absolute atomic E-state index is 0. The summed E-state index contributed by atoms with van der Waals surface area (Å²) in [6.07, 6.45) is 0. The van der Waals surface area contributed by atoms with E-state index in [1.54, 1.807) is 0 Å². The Hall–Kier alpha value is -0.340. The van der Waals surface area contributed by atoms with Gasteiger partial charge >= 0.3 is 11.9 Å². The predicted octanol–water partition coefficient (Wildman–Crippen LogP) is 4.72. The molecule has 0 saturated carbocycles. The van der Waals surface area contributed by atoms with Crippen LogP contribution in [0.2, 0.25) is 0 Å². The zero-order chi connectivity index (χ0) is 20.3. The van der Waals surface area contributed by atoms with E-state index in [4.69, 9.17) is 10.8 Å². The van der Waals surface area contributed by atoms with Gasteiger partial charge in [0.1, 0.15) is 9.75 Å². The van der Waals surface area contributed by atoms with Crippen LogP contribution in [0.1, 0.15) is 30.5 Å². The van der Waals surface area contributed by atoms with Gasteiger partial charge in [-0.05, 0) is 31.9 Å². The van der Waals surface area contributed by atoms with Gasteiger partial charge < -0.3 is 26.5 Å². The van der Waals surface area contributed by atoms with E-state index >= 15 is 0 Å². The van der Waals surface area contributed by atoms with Crippen molar-refractivity contribution in [2.45, 2.75) is 11.9 Å². The number of carbonyl (C=O) groups is 2. The zero-order valence-corrected chi connectivity index (χ0v) is 21.3. The minimum Gasteiger partial charge on any atom is -0.465 e. The molecule has 0 aliphatic heterocycles. The maximum Gasteiger partial charge on any atom is 0.348 e. The van der Waals surface area contributed by atoms with E-state index in [1.807, 2.05) is 10.8 Å². The summed E-state index contributed by atoms with van der Waals surface area (Å²) in [6.45, 7) is 0.342. The maximum absolute atomic E-state index is 11.2. The lowest BCUT2D eigenvalue weighted by molar-refractivity contribution is 0.0596. The summed E-state index contributed by atoms with van der Waals surface area (Å²) in [5.74, 6) is -0.605. The number of thiophene rings is 2. The fourth-order valence-corrected chi connectivity index (χ4v) is 5.98. The van der Waals surface area contributed by atoms with Crippen LogP contribution in [-0.2, 0) is 21.3 Å². The highest BCUT2D eigenvalue weighted by Gasteiger charge is 2.16. The highest BCUT2D eigenvalue weighted by Crippen LogP contribution is 2.30. The Morgan fingerprint density at radius 1 is 1.00 bits per heavy atom. The van der Waals surface area contributed by atoms with Crippen LogP contribution in [0.4, 0.5) is 0 Å². The third kappa shape index (κ3) is 8.28. The van der Waals surface area contributed by atoms with Gasteiger partial charge in [-0.1, -0.05) is 15.9 Å². The van der Waals surface area contributed by atoms with Gasteiger partial charge in [-0.2, -0.15) is 0 Å². The molecule has 0 radical (unpaired) electrons. The summed E-state index contributed by atoms with van der Waals surface area (Å²) >= 11 is 12.7. The molecule has 12 heteroatoms. The molecule has 0 unspecified atom stereocenters. The first-order valence-corrected chi connectivity index (χ1v) is 11.3. The van der Waals surface area contributed by atoms with Gasteiger partial charge in [-0.15, -0.1) is 22.7 Å². The summed E-state index contributed by atoms with van der Waals surface area (Å²) < 4.78 is 11.0. The summed E-state index contributed by atoms with van der Waals surface area (Å²) in [4.78, 5) is 23.5. The quantitative estimate of drug-likeness (QED) is 0.336. The zero-order valence-electron chi connectivity index (χ0n) is 14.9. The largest absolute Gasteiger partial charge is 0.465 e. The molecule has 0 fully saturated rings. The molecule has 0 atom stereocenters. The van der Waals surface area contributed by atoms with Crippen LogP contribution in [-0.4, -0.2) is 38.4 Å². The molecule has 154 valence electrons. The van der Waals surface area contributed by atoms with Crippen molar-refractivity contribution in [2.75, 3.05) is 21.3 Å². The van der Waals surface area contributed by atoms with Crippen LogP contribution in [0.15, 0.2) is 19.7 Å². The van der Waals surface area contributed by atoms with E-state index in [0.717, 1.165) is 27.2 Å². The van der Waals surface area contributed by atoms with E-state index in [1.165, 1.54) is 36.9 Å². The Morgan fingerprint density at radius 2 is 1.37 bits per heavy atom. The third-order valence-corrected chi connectivity index (χ3v) is 7.35. The number of rotatable bonds is 4. The predicted molar refractivity (Wildman–Crippen MR) is 120 cm³/mol. The average molecular weight is 613 g/mol. The van der Waals surface area contributed by atoms with Crippen molar-refractivity contribution >= 4 is 82.4 Å². The highest BCUT2D eigenvalue weighted by molar-refractivity contribution is 9.11. The second-order valence-corrected chi connectivity index (χ2v) is 8.13. The standard InChI is InChI=1S/C7H6Br2O2S.C7H8BrNO2S.CH4O.H3N/c1-11-7(10)6-4(2-8)5(9)3-12-6;1-11-7(10)6-4(2-9)5(8)3-12-6;1-2;/h3H,2H2,1H3;3H,2,9H2,1H3;2H,1H3;1H3. The van der Waals surface area contributed by atoms with Gasteiger partial charge in [-0.25, -0.2) is 9.59 Å². The molecule has 27 heavy (non-hydrogen) atoms. The number of aliphatic hydroxyl groups excluding tert-OH is 1. The number of nitrogens with two attached hydrogens (primary N) is 1. The molecule has 0 bridgehead atoms. The number of esters is 2. The first-order chi connectivity index (χ1) is 12.4. The summed E-state index contributed by atoms with van der Waals surface area (Å²) in [6, 6.07) is 0. The van der Waals surface area contributed by atoms with Gasteiger partial charge in [-0.3, -0.25) is 0 Å². The Balaban J connectivity index is 0. The Labute approximate surface area is 191 Å². The van der Waals surface area contributed by atoms with Crippen molar-refractivity contribution in [1.29, 1.82) is 0 Å². The fourth-order valence-electron chi connectivity index (χ4n) is 1.57. The van der Waals surface area contributed by atoms with E-state index in [-0.39, 0.29) is 18.1 Å². The van der Waals surface area contributed by atoms with Crippen molar-refractivity contribution in [3.05, 3.63) is 40.6 Å². The molecular weight excluding hydrogens is 592 g/mol. The Morgan fingerprint density at radius 3 is 1.70 bits per heavy atom. The maximum atomic E-state index is 11.2. The van der Waals surface area contributed by atoms with E-state index < -0.39 is 0 Å². The molecule has 0 aliphatic carbocycles. The van der Waals surface area contributed by atoms with E-state index in [0.29, 0.717) is 21.6 Å². The van der Waals surface area contributed by atoms with Crippen molar-refractivity contribution in [1.82, 2.24) is 6.15 Å². The first kappa shape index (κ1) is 28.9. The number of ether oxygens (including phenoxy) is 2. The average Bonchev–Trinajstić information content (AvgIpc) is 3.24. The number of alkyl halides is 1. The van der Waals surface area contributed by atoms with Gasteiger partial charge in [0.15, 0.2) is 0 Å². The molecule has 2 aromatic rings. The van der Waals surface area contributed by atoms with Gasteiger partial charge in [0.25, 0.3) is 0 Å². The summed E-state index contributed by atoms with van der Waals surface area (Å²) in [5.41, 5.74) is 7.22. The normalized spacial score (nSPS) is 9.04. The lowest BCUT2D eigenvalue weighted by Crippen LogP contribution is -2.05. The van der Waals surface area contributed by atoms with Crippen LogP contribution in [0, 0.1) is 0 Å². The van der Waals surface area contributed by atoms with Crippen LogP contribution < -0.4 is 11.9 Å². The molecule has 0 spiro atoms. The minimum atomic E-state index is -0.328. The first-order valence-electron chi connectivity index (χ1n) is 6.80. The van der Waals surface area contributed by atoms with Crippen molar-refractivity contribution in [3.8, 4) is 0 Å². The number of aliphatic hydroxyl groups is 1. The van der Waals surface area contributed by atoms with E-state index in [2.05, 4.69) is 57.3 Å². The van der Waals surface area contributed by atoms with Crippen molar-refractivity contribution in [3.63, 3.8) is 0 Å². The smallest absolute Gasteiger partial charge is 0.348 e. The lowest BCUT2D eigenvalue weighted by Gasteiger charge is -1.98. The number of methoxy groups -OCH3 is 2. The molecule has 6 N–H and O–H groups in total. The molecule has 0 aromatic carbocycles. The van der Waals surface area contributed by atoms with Gasteiger partial charge in [0, 0.05) is 49.8 Å². The van der Waals surface area contributed by atoms with Crippen LogP contribution in [0.5, 0.6) is 0 Å². The fraction of sp³-hybridized carbons (Fsp3) is 0.333. The van der Waals surface area contributed by atoms with Crippen molar-refractivity contribution in [2.24, 2.45) is 5.73 Å². The summed E-state index contributed by atoms with van der Waals surface area (Å²) in [7, 11) is 3.74. The summed E-state index contributed by atoms with van der Waals surface area (Å²) in [5, 5.41) is 11.4.